The van der Waals surface area contributed by atoms with Gasteiger partial charge in [-0.1, -0.05) is 46.5 Å². The van der Waals surface area contributed by atoms with E-state index in [9.17, 15) is 22.0 Å². The maximum Gasteiger partial charge on any atom is 0.400 e. The van der Waals surface area contributed by atoms with Crippen LogP contribution in [0.5, 0.6) is 5.75 Å². The molecule has 1 aromatic rings. The summed E-state index contributed by atoms with van der Waals surface area (Å²) in [6.45, 7) is 6.21. The van der Waals surface area contributed by atoms with Gasteiger partial charge in [-0.15, -0.1) is 0 Å². The average molecular weight is 435 g/mol. The Morgan fingerprint density at radius 3 is 1.77 bits per heavy atom. The van der Waals surface area contributed by atoms with E-state index in [1.165, 1.54) is 38.5 Å². The maximum absolute atomic E-state index is 14.5. The fourth-order valence-electron chi connectivity index (χ4n) is 5.11. The van der Waals surface area contributed by atoms with Crippen molar-refractivity contribution in [1.29, 1.82) is 0 Å². The van der Waals surface area contributed by atoms with E-state index >= 15 is 0 Å². The highest BCUT2D eigenvalue weighted by atomic mass is 19.3. The van der Waals surface area contributed by atoms with Crippen LogP contribution in [0.25, 0.3) is 0 Å². The summed E-state index contributed by atoms with van der Waals surface area (Å²) in [7, 11) is 0. The van der Waals surface area contributed by atoms with Gasteiger partial charge in [0.15, 0.2) is 17.5 Å². The average Bonchev–Trinajstić information content (AvgIpc) is 2.74. The zero-order chi connectivity index (χ0) is 22.3. The third-order valence-corrected chi connectivity index (χ3v) is 6.71. The minimum atomic E-state index is -3.53. The largest absolute Gasteiger partial charge is 0.432 e. The topological polar surface area (TPSA) is 9.23 Å². The Labute approximate surface area is 177 Å². The Bertz CT molecular complexity index is 624. The minimum absolute atomic E-state index is 0.332. The summed E-state index contributed by atoms with van der Waals surface area (Å²) in [5, 5.41) is 0. The lowest BCUT2D eigenvalue weighted by molar-refractivity contribution is -0.224. The summed E-state index contributed by atoms with van der Waals surface area (Å²) in [6.07, 6.45) is 6.00. The van der Waals surface area contributed by atoms with Gasteiger partial charge in [0.25, 0.3) is 0 Å². The van der Waals surface area contributed by atoms with Crippen molar-refractivity contribution in [2.24, 2.45) is 23.7 Å². The number of halogens is 5. The molecule has 0 unspecified atom stereocenters. The van der Waals surface area contributed by atoms with Crippen LogP contribution < -0.4 is 4.74 Å². The summed E-state index contributed by atoms with van der Waals surface area (Å²) >= 11 is 0. The van der Waals surface area contributed by atoms with Gasteiger partial charge in [0, 0.05) is 12.1 Å². The smallest absolute Gasteiger partial charge is 0.400 e. The van der Waals surface area contributed by atoms with E-state index in [4.69, 9.17) is 0 Å². The van der Waals surface area contributed by atoms with E-state index in [0.717, 1.165) is 18.8 Å². The van der Waals surface area contributed by atoms with Crippen LogP contribution in [0.3, 0.4) is 0 Å². The predicted molar refractivity (Wildman–Crippen MR) is 109 cm³/mol. The molecule has 0 atom stereocenters. The molecule has 0 spiro atoms. The van der Waals surface area contributed by atoms with E-state index in [-0.39, 0.29) is 0 Å². The molecule has 0 amide bonds. The highest BCUT2D eigenvalue weighted by molar-refractivity contribution is 5.25. The number of hydrogen-bond donors (Lipinski definition) is 0. The molecule has 6 heteroatoms. The van der Waals surface area contributed by atoms with E-state index in [1.54, 1.807) is 0 Å². The Morgan fingerprint density at radius 1 is 0.833 bits per heavy atom. The molecule has 0 N–H and O–H groups in total. The SMILES string of the molecule is CC.CCCC1CCC(C2CCC(C(F)(F)Oc3cc(F)c(F)c(F)c3)CC2)CC1. The standard InChI is InChI=1S/C22H29F5O.C2H6/c1-2-3-14-4-6-15(7-5-14)16-8-10-17(11-9-16)22(26,27)28-18-12-19(23)21(25)20(24)13-18;1-2/h12-17H,2-11H2,1H3;1-2H3. The quantitative estimate of drug-likeness (QED) is 0.322. The molecular formula is C24H35F5O. The molecule has 2 saturated carbocycles. The first-order valence-corrected chi connectivity index (χ1v) is 11.5. The molecule has 0 saturated heterocycles. The van der Waals surface area contributed by atoms with E-state index in [1.807, 2.05) is 13.8 Å². The molecule has 1 nitrogen and oxygen atoms in total. The van der Waals surface area contributed by atoms with Gasteiger partial charge in [0.1, 0.15) is 5.75 Å². The predicted octanol–water partition coefficient (Wildman–Crippen LogP) is 8.51. The molecule has 0 bridgehead atoms. The number of ether oxygens (including phenoxy) is 1. The highest BCUT2D eigenvalue weighted by Gasteiger charge is 2.45. The van der Waals surface area contributed by atoms with Gasteiger partial charge in [-0.2, -0.15) is 8.78 Å². The molecule has 0 aliphatic heterocycles. The van der Waals surface area contributed by atoms with Crippen molar-refractivity contribution in [2.45, 2.75) is 91.1 Å². The van der Waals surface area contributed by atoms with Crippen molar-refractivity contribution >= 4 is 0 Å². The lowest BCUT2D eigenvalue weighted by Crippen LogP contribution is -2.38. The monoisotopic (exact) mass is 434 g/mol. The van der Waals surface area contributed by atoms with Gasteiger partial charge in [0.05, 0.1) is 5.92 Å². The van der Waals surface area contributed by atoms with Crippen LogP contribution in [-0.4, -0.2) is 6.11 Å². The normalized spacial score (nSPS) is 27.2. The molecule has 0 radical (unpaired) electrons. The third-order valence-electron chi connectivity index (χ3n) is 6.71. The molecule has 2 aliphatic carbocycles. The first-order valence-electron chi connectivity index (χ1n) is 11.5. The Balaban J connectivity index is 0.00000155. The van der Waals surface area contributed by atoms with Crippen molar-refractivity contribution in [3.05, 3.63) is 29.6 Å². The Hall–Kier alpha value is -1.33. The first-order chi connectivity index (χ1) is 14.3. The molecule has 1 aromatic carbocycles. The van der Waals surface area contributed by atoms with Crippen molar-refractivity contribution in [1.82, 2.24) is 0 Å². The molecule has 3 rings (SSSR count). The molecule has 2 aliphatic rings. The summed E-state index contributed by atoms with van der Waals surface area (Å²) in [6, 6.07) is 0.930. The number of alkyl halides is 2. The van der Waals surface area contributed by atoms with Crippen LogP contribution in [0, 0.1) is 41.1 Å². The minimum Gasteiger partial charge on any atom is -0.432 e. The molecule has 172 valence electrons. The van der Waals surface area contributed by atoms with Gasteiger partial charge >= 0.3 is 6.11 Å². The molecular weight excluding hydrogens is 399 g/mol. The van der Waals surface area contributed by atoms with Crippen molar-refractivity contribution in [3.8, 4) is 5.75 Å². The van der Waals surface area contributed by atoms with Crippen LogP contribution in [0.2, 0.25) is 0 Å². The second kappa shape index (κ2) is 11.3. The summed E-state index contributed by atoms with van der Waals surface area (Å²) < 4.78 is 73.1. The fraction of sp³-hybridized carbons (Fsp3) is 0.750. The summed E-state index contributed by atoms with van der Waals surface area (Å²) in [5.74, 6) is -4.49. The van der Waals surface area contributed by atoms with E-state index in [0.29, 0.717) is 36.8 Å². The molecule has 0 heterocycles. The third kappa shape index (κ3) is 6.34. The van der Waals surface area contributed by atoms with E-state index < -0.39 is 35.2 Å². The Morgan fingerprint density at radius 2 is 1.30 bits per heavy atom. The second-order valence-electron chi connectivity index (χ2n) is 8.55. The molecule has 2 fully saturated rings. The highest BCUT2D eigenvalue weighted by Crippen LogP contribution is 2.46. The van der Waals surface area contributed by atoms with Crippen molar-refractivity contribution < 1.29 is 26.7 Å². The molecule has 0 aromatic heterocycles. The molecule has 30 heavy (non-hydrogen) atoms. The van der Waals surface area contributed by atoms with Crippen LogP contribution in [-0.2, 0) is 0 Å². The number of hydrogen-bond acceptors (Lipinski definition) is 1. The summed E-state index contributed by atoms with van der Waals surface area (Å²) in [4.78, 5) is 0. The van der Waals surface area contributed by atoms with Gasteiger partial charge in [-0.25, -0.2) is 13.2 Å². The van der Waals surface area contributed by atoms with Gasteiger partial charge in [-0.3, -0.25) is 0 Å². The number of benzene rings is 1. The lowest BCUT2D eigenvalue weighted by Gasteiger charge is -2.39. The van der Waals surface area contributed by atoms with E-state index in [2.05, 4.69) is 11.7 Å². The summed E-state index contributed by atoms with van der Waals surface area (Å²) in [5.41, 5.74) is 0. The Kier molecular flexibility index (Phi) is 9.42. The van der Waals surface area contributed by atoms with Gasteiger partial charge in [0.2, 0.25) is 0 Å². The number of rotatable bonds is 6. The first kappa shape index (κ1) is 24.9. The zero-order valence-corrected chi connectivity index (χ0v) is 18.3. The van der Waals surface area contributed by atoms with Crippen LogP contribution in [0.15, 0.2) is 12.1 Å². The van der Waals surface area contributed by atoms with Crippen molar-refractivity contribution in [3.63, 3.8) is 0 Å². The maximum atomic E-state index is 14.5. The van der Waals surface area contributed by atoms with Crippen LogP contribution >= 0.6 is 0 Å². The van der Waals surface area contributed by atoms with Gasteiger partial charge in [-0.05, 0) is 56.3 Å². The second-order valence-corrected chi connectivity index (χ2v) is 8.55. The fourth-order valence-corrected chi connectivity index (χ4v) is 5.11. The zero-order valence-electron chi connectivity index (χ0n) is 18.3. The van der Waals surface area contributed by atoms with Crippen LogP contribution in [0.1, 0.15) is 85.0 Å². The van der Waals surface area contributed by atoms with Crippen LogP contribution in [0.4, 0.5) is 22.0 Å². The lowest BCUT2D eigenvalue weighted by atomic mass is 9.68. The van der Waals surface area contributed by atoms with Gasteiger partial charge < -0.3 is 4.74 Å². The van der Waals surface area contributed by atoms with Crippen molar-refractivity contribution in [2.75, 3.05) is 0 Å².